The summed E-state index contributed by atoms with van der Waals surface area (Å²) < 4.78 is 0. The van der Waals surface area contributed by atoms with Gasteiger partial charge in [0, 0.05) is 6.54 Å². The summed E-state index contributed by atoms with van der Waals surface area (Å²) in [4.78, 5) is 24.8. The van der Waals surface area contributed by atoms with Crippen LogP contribution in [0.3, 0.4) is 0 Å². The molecule has 2 atom stereocenters. The number of carboxylic acids is 1. The molecule has 0 bridgehead atoms. The highest BCUT2D eigenvalue weighted by molar-refractivity contribution is 5.86. The molecule has 0 radical (unpaired) electrons. The predicted molar refractivity (Wildman–Crippen MR) is 72.4 cm³/mol. The van der Waals surface area contributed by atoms with Gasteiger partial charge in [0.05, 0.1) is 6.04 Å². The van der Waals surface area contributed by atoms with Crippen LogP contribution in [0.5, 0.6) is 0 Å². The van der Waals surface area contributed by atoms with Crippen molar-refractivity contribution in [2.45, 2.75) is 51.1 Å². The number of carboxylic acid groups (broad SMARTS) is 1. The first-order chi connectivity index (χ1) is 8.97. The van der Waals surface area contributed by atoms with E-state index in [1.165, 1.54) is 11.8 Å². The molecule has 1 fully saturated rings. The summed E-state index contributed by atoms with van der Waals surface area (Å²) >= 11 is 0. The summed E-state index contributed by atoms with van der Waals surface area (Å²) in [5, 5.41) is 9.08. The minimum Gasteiger partial charge on any atom is -0.480 e. The monoisotopic (exact) mass is 271 g/mol. The van der Waals surface area contributed by atoms with Crippen LogP contribution >= 0.6 is 0 Å². The number of nitrogens with zero attached hydrogens (tertiary/aromatic N) is 1. The molecule has 1 aliphatic carbocycles. The Morgan fingerprint density at radius 2 is 2.00 bits per heavy atom. The van der Waals surface area contributed by atoms with Crippen molar-refractivity contribution < 1.29 is 14.7 Å². The van der Waals surface area contributed by atoms with E-state index in [1.807, 2.05) is 0 Å². The van der Waals surface area contributed by atoms with Crippen LogP contribution in [0.1, 0.15) is 39.0 Å². The van der Waals surface area contributed by atoms with Gasteiger partial charge in [-0.15, -0.1) is 0 Å². The maximum Gasteiger partial charge on any atom is 0.326 e. The Hall–Kier alpha value is -1.14. The lowest BCUT2D eigenvalue weighted by atomic mass is 10.1. The van der Waals surface area contributed by atoms with Gasteiger partial charge in [-0.1, -0.05) is 6.42 Å². The molecule has 0 unspecified atom stereocenters. The van der Waals surface area contributed by atoms with Crippen molar-refractivity contribution in [3.8, 4) is 0 Å². The second kappa shape index (κ2) is 7.45. The highest BCUT2D eigenvalue weighted by Gasteiger charge is 2.34. The van der Waals surface area contributed by atoms with Crippen LogP contribution < -0.4 is 11.5 Å². The molecule has 1 rings (SSSR count). The zero-order valence-electron chi connectivity index (χ0n) is 11.5. The normalized spacial score (nSPS) is 17.8. The van der Waals surface area contributed by atoms with E-state index >= 15 is 0 Å². The van der Waals surface area contributed by atoms with Crippen LogP contribution in [0, 0.1) is 5.92 Å². The summed E-state index contributed by atoms with van der Waals surface area (Å²) in [6.07, 6.45) is 4.32. The van der Waals surface area contributed by atoms with Crippen molar-refractivity contribution in [2.24, 2.45) is 17.4 Å². The molecule has 6 nitrogen and oxygen atoms in total. The number of hydrogen-bond acceptors (Lipinski definition) is 4. The third-order valence-electron chi connectivity index (χ3n) is 3.55. The highest BCUT2D eigenvalue weighted by Crippen LogP contribution is 2.30. The SMILES string of the molecule is C[C@@H](C(=O)O)N(CC1CC1)C(=O)[C@H](N)CCCCN. The maximum absolute atomic E-state index is 12.3. The minimum atomic E-state index is -0.983. The fourth-order valence-corrected chi connectivity index (χ4v) is 2.00. The van der Waals surface area contributed by atoms with Crippen LogP contribution in [0.25, 0.3) is 0 Å². The summed E-state index contributed by atoms with van der Waals surface area (Å²) in [6.45, 7) is 2.63. The van der Waals surface area contributed by atoms with Crippen LogP contribution in [-0.2, 0) is 9.59 Å². The number of carbonyl (C=O) groups is 2. The summed E-state index contributed by atoms with van der Waals surface area (Å²) in [5.74, 6) is -0.788. The Morgan fingerprint density at radius 3 is 2.47 bits per heavy atom. The molecule has 19 heavy (non-hydrogen) atoms. The molecular formula is C13H25N3O3. The largest absolute Gasteiger partial charge is 0.480 e. The molecule has 110 valence electrons. The molecule has 1 amide bonds. The second-order valence-corrected chi connectivity index (χ2v) is 5.34. The van der Waals surface area contributed by atoms with Crippen LogP contribution in [-0.4, -0.2) is 47.1 Å². The van der Waals surface area contributed by atoms with E-state index < -0.39 is 18.1 Å². The summed E-state index contributed by atoms with van der Waals surface area (Å²) in [7, 11) is 0. The van der Waals surface area contributed by atoms with Gasteiger partial charge in [-0.05, 0) is 45.1 Å². The molecular weight excluding hydrogens is 246 g/mol. The topological polar surface area (TPSA) is 110 Å². The smallest absolute Gasteiger partial charge is 0.326 e. The molecule has 6 heteroatoms. The van der Waals surface area contributed by atoms with Crippen molar-refractivity contribution in [1.82, 2.24) is 4.90 Å². The first-order valence-electron chi connectivity index (χ1n) is 6.96. The Labute approximate surface area is 114 Å². The van der Waals surface area contributed by atoms with Gasteiger partial charge < -0.3 is 21.5 Å². The number of aliphatic carboxylic acids is 1. The van der Waals surface area contributed by atoms with E-state index in [-0.39, 0.29) is 5.91 Å². The van der Waals surface area contributed by atoms with Crippen LogP contribution in [0.2, 0.25) is 0 Å². The lowest BCUT2D eigenvalue weighted by Crippen LogP contribution is -2.51. The Morgan fingerprint density at radius 1 is 1.37 bits per heavy atom. The molecule has 0 aliphatic heterocycles. The molecule has 0 heterocycles. The van der Waals surface area contributed by atoms with Gasteiger partial charge in [-0.3, -0.25) is 4.79 Å². The number of rotatable bonds is 9. The molecule has 5 N–H and O–H groups in total. The van der Waals surface area contributed by atoms with Gasteiger partial charge in [-0.2, -0.15) is 0 Å². The first kappa shape index (κ1) is 15.9. The van der Waals surface area contributed by atoms with Crippen LogP contribution in [0.15, 0.2) is 0 Å². The molecule has 1 aliphatic rings. The van der Waals surface area contributed by atoms with Gasteiger partial charge >= 0.3 is 5.97 Å². The fourth-order valence-electron chi connectivity index (χ4n) is 2.00. The zero-order chi connectivity index (χ0) is 14.4. The van der Waals surface area contributed by atoms with Gasteiger partial charge in [0.25, 0.3) is 0 Å². The third-order valence-corrected chi connectivity index (χ3v) is 3.55. The van der Waals surface area contributed by atoms with Crippen LogP contribution in [0.4, 0.5) is 0 Å². The number of amides is 1. The van der Waals surface area contributed by atoms with Crippen molar-refractivity contribution in [3.05, 3.63) is 0 Å². The van der Waals surface area contributed by atoms with E-state index in [2.05, 4.69) is 0 Å². The lowest BCUT2D eigenvalue weighted by molar-refractivity contribution is -0.150. The zero-order valence-corrected chi connectivity index (χ0v) is 11.5. The Balaban J connectivity index is 2.56. The number of hydrogen-bond donors (Lipinski definition) is 3. The molecule has 0 saturated heterocycles. The number of nitrogens with two attached hydrogens (primary N) is 2. The van der Waals surface area contributed by atoms with Gasteiger partial charge in [0.1, 0.15) is 6.04 Å². The maximum atomic E-state index is 12.3. The third kappa shape index (κ3) is 5.16. The fraction of sp³-hybridized carbons (Fsp3) is 0.846. The predicted octanol–water partition coefficient (Wildman–Crippen LogP) is 0.154. The summed E-state index contributed by atoms with van der Waals surface area (Å²) in [6, 6.07) is -1.43. The van der Waals surface area contributed by atoms with Crippen molar-refractivity contribution in [3.63, 3.8) is 0 Å². The van der Waals surface area contributed by atoms with Crippen molar-refractivity contribution in [1.29, 1.82) is 0 Å². The lowest BCUT2D eigenvalue weighted by Gasteiger charge is -2.29. The average Bonchev–Trinajstić information content (AvgIpc) is 3.18. The molecule has 0 aromatic carbocycles. The van der Waals surface area contributed by atoms with E-state index in [0.29, 0.717) is 25.4 Å². The van der Waals surface area contributed by atoms with Gasteiger partial charge in [0.15, 0.2) is 0 Å². The average molecular weight is 271 g/mol. The van der Waals surface area contributed by atoms with E-state index in [0.717, 1.165) is 25.7 Å². The molecule has 0 aromatic rings. The number of carbonyl (C=O) groups excluding carboxylic acids is 1. The van der Waals surface area contributed by atoms with Gasteiger partial charge in [-0.25, -0.2) is 4.79 Å². The van der Waals surface area contributed by atoms with Crippen molar-refractivity contribution >= 4 is 11.9 Å². The molecule has 0 spiro atoms. The van der Waals surface area contributed by atoms with E-state index in [1.54, 1.807) is 0 Å². The van der Waals surface area contributed by atoms with Gasteiger partial charge in [0.2, 0.25) is 5.91 Å². The summed E-state index contributed by atoms with van der Waals surface area (Å²) in [5.41, 5.74) is 11.3. The quantitative estimate of drug-likeness (QED) is 0.517. The standard InChI is InChI=1S/C13H25N3O3/c1-9(13(18)19)16(8-10-5-6-10)12(17)11(15)4-2-3-7-14/h9-11H,2-8,14-15H2,1H3,(H,18,19)/t9-,11+/m0/s1. The molecule has 1 saturated carbocycles. The van der Waals surface area contributed by atoms with E-state index in [9.17, 15) is 9.59 Å². The Kier molecular flexibility index (Phi) is 6.24. The molecule has 0 aromatic heterocycles. The Bertz CT molecular complexity index is 318. The minimum absolute atomic E-state index is 0.251. The number of unbranched alkanes of at least 4 members (excludes halogenated alkanes) is 1. The highest BCUT2D eigenvalue weighted by atomic mass is 16.4. The first-order valence-corrected chi connectivity index (χ1v) is 6.96. The van der Waals surface area contributed by atoms with Crippen molar-refractivity contribution in [2.75, 3.05) is 13.1 Å². The second-order valence-electron chi connectivity index (χ2n) is 5.34. The van der Waals surface area contributed by atoms with E-state index in [4.69, 9.17) is 16.6 Å².